The number of rotatable bonds is 29. The monoisotopic (exact) mass is 2070 g/mol. The number of carbonyl (C=O) groups is 12. The Morgan fingerprint density at radius 3 is 1.29 bits per heavy atom. The van der Waals surface area contributed by atoms with E-state index in [1.165, 1.54) is 54.8 Å². The quantitative estimate of drug-likeness (QED) is 0.00634. The Kier molecular flexibility index (Phi) is 43.1. The number of alkyl carbamates (subject to hydrolysis) is 2. The summed E-state index contributed by atoms with van der Waals surface area (Å²) in [4.78, 5) is 184. The summed E-state index contributed by atoms with van der Waals surface area (Å²) in [5.74, 6) is -9.01. The number of ether oxygens (including phenoxy) is 10. The number of alkyl halides is 6. The minimum Gasteiger partial charge on any atom is -0.480 e. The van der Waals surface area contributed by atoms with Gasteiger partial charge in [0, 0.05) is 55.0 Å². The van der Waals surface area contributed by atoms with Crippen molar-refractivity contribution in [2.24, 2.45) is 34.5 Å². The van der Waals surface area contributed by atoms with E-state index in [4.69, 9.17) is 117 Å². The van der Waals surface area contributed by atoms with Crippen LogP contribution in [0.5, 0.6) is 0 Å². The first kappa shape index (κ1) is 116. The Morgan fingerprint density at radius 1 is 0.543 bits per heavy atom. The summed E-state index contributed by atoms with van der Waals surface area (Å²) in [7, 11) is 0. The van der Waals surface area contributed by atoms with Crippen LogP contribution in [-0.4, -0.2) is 234 Å². The number of aryl methyl sites for hydroxylation is 2. The summed E-state index contributed by atoms with van der Waals surface area (Å²) in [5, 5.41) is 54.3. The number of carboxylic acid groups (broad SMARTS) is 1. The Labute approximate surface area is 840 Å². The molecule has 0 saturated carbocycles. The van der Waals surface area contributed by atoms with E-state index in [0.29, 0.717) is 68.5 Å². The lowest BCUT2D eigenvalue weighted by Crippen LogP contribution is -2.54. The number of likely N-dealkylation sites (tertiary alicyclic amines) is 2. The first-order valence-electron chi connectivity index (χ1n) is 45.0. The van der Waals surface area contributed by atoms with Gasteiger partial charge in [-0.15, -0.1) is 0 Å². The van der Waals surface area contributed by atoms with Crippen molar-refractivity contribution in [1.82, 2.24) is 41.0 Å². The van der Waals surface area contributed by atoms with Crippen LogP contribution in [0, 0.1) is 68.6 Å². The molecule has 4 saturated heterocycles. The molecule has 0 unspecified atom stereocenters. The lowest BCUT2D eigenvalue weighted by Gasteiger charge is -2.35. The fourth-order valence-corrected chi connectivity index (χ4v) is 14.8. The minimum atomic E-state index is -1.76. The van der Waals surface area contributed by atoms with Crippen LogP contribution in [0.25, 0.3) is 34.0 Å². The zero-order valence-corrected chi connectivity index (χ0v) is 85.0. The van der Waals surface area contributed by atoms with Crippen LogP contribution in [-0.2, 0) is 85.7 Å². The molecule has 4 aromatic carbocycles. The smallest absolute Gasteiger partial charge is 0.408 e. The van der Waals surface area contributed by atoms with Gasteiger partial charge in [0.25, 0.3) is 17.3 Å². The predicted molar refractivity (Wildman–Crippen MR) is 520 cm³/mol. The molecule has 0 radical (unpaired) electrons. The van der Waals surface area contributed by atoms with Crippen molar-refractivity contribution in [2.45, 2.75) is 204 Å². The van der Waals surface area contributed by atoms with E-state index in [0.717, 1.165) is 39.5 Å². The largest absolute Gasteiger partial charge is 0.480 e. The van der Waals surface area contributed by atoms with E-state index >= 15 is 0 Å². The molecule has 6 heterocycles. The summed E-state index contributed by atoms with van der Waals surface area (Å²) < 4.78 is 49.6. The number of nitrogens with zero attached hydrogens (tertiary/aromatic N) is 6. The van der Waals surface area contributed by atoms with Crippen molar-refractivity contribution < 1.29 is 125 Å². The summed E-state index contributed by atoms with van der Waals surface area (Å²) in [6.07, 6.45) is 6.62. The third-order valence-corrected chi connectivity index (χ3v) is 23.2. The molecule has 44 heteroatoms. The van der Waals surface area contributed by atoms with E-state index in [2.05, 4.69) is 31.0 Å². The third kappa shape index (κ3) is 35.3. The number of benzene rings is 4. The van der Waals surface area contributed by atoms with Gasteiger partial charge in [-0.3, -0.25) is 68.6 Å². The maximum Gasteiger partial charge on any atom is 0.408 e. The second-order valence-corrected chi connectivity index (χ2v) is 41.4. The van der Waals surface area contributed by atoms with Crippen molar-refractivity contribution in [1.29, 1.82) is 0 Å². The van der Waals surface area contributed by atoms with E-state index in [9.17, 15) is 88.0 Å². The summed E-state index contributed by atoms with van der Waals surface area (Å²) in [5.41, 5.74) is -0.890. The van der Waals surface area contributed by atoms with Crippen LogP contribution in [0.15, 0.2) is 109 Å². The van der Waals surface area contributed by atoms with E-state index in [1.54, 1.807) is 86.6 Å². The number of aliphatic carboxylic acids is 1. The van der Waals surface area contributed by atoms with Gasteiger partial charge in [-0.1, -0.05) is 189 Å². The van der Waals surface area contributed by atoms with Crippen molar-refractivity contribution >= 4 is 187 Å². The molecular formula is C96H120Cl6N10O28. The second-order valence-electron chi connectivity index (χ2n) is 36.4. The van der Waals surface area contributed by atoms with Gasteiger partial charge in [0.05, 0.1) is 82.6 Å². The highest BCUT2D eigenvalue weighted by Crippen LogP contribution is 2.36. The van der Waals surface area contributed by atoms with Gasteiger partial charge >= 0.3 is 48.0 Å². The molecule has 4 aliphatic heterocycles. The highest BCUT2D eigenvalue weighted by molar-refractivity contribution is 6.68. The first-order chi connectivity index (χ1) is 65.5. The van der Waals surface area contributed by atoms with Gasteiger partial charge in [-0.05, 0) is 168 Å². The van der Waals surface area contributed by atoms with Gasteiger partial charge in [-0.25, -0.2) is 19.2 Å². The Balaban J connectivity index is 0.000000272. The molecule has 764 valence electrons. The fraction of sp³-hybridized carbons (Fsp3) is 0.521. The van der Waals surface area contributed by atoms with E-state index < -0.39 is 171 Å². The molecule has 0 bridgehead atoms. The number of nitro groups is 2. The SMILES string of the molecule is CC[C@H](C)[C@H](O)C(=O)N[C@@H](C)C(=O)N1CCC[C@@H](C(=O)OCC(Cl)(Cl)Cl)C1.CC[C@H](C)[C@H](OC(=O)C1(/C=C/c2ccc3ccc([C@@H](C)NC(=O)OC(C)(C)C)nc3c2)COCOC1)C(=O)N[C@@H](C)C(=O)N1CCC[C@@H](C(=O)OCC(Cl)(Cl)Cl)C1.C[C@@H](NC(=O)OC(C)(C)C)c1ccc2ccc(/C=C/C3(C(=O)O)COCOC3)cc2n1.Cc1cccc([N+](=O)[O-])c1C(=O)OC(=O)c1c(C)cccc1[N+](=O)[O-]. The predicted octanol–water partition coefficient (Wildman–Crippen LogP) is 15.5. The standard InChI is InChI=1S/C40H53Cl3N4O10.C23H28N2O6.C17H27Cl3N2O5.C16H12N2O7/c1-8-24(2)32(33(48)44-26(4)34(49)47-17-9-10-29(19-47)35(50)55-22-40(41,42)43)56-36(51)39(20-53-23-54-21-39)16-15-27-11-12-28-13-14-30(46-31(28)18-27)25(3)45-37(52)57-38(5,6)7;1-15(24-21(28)31-22(2,3)4)18-8-7-17-6-5-16(11-19(17)25-18)9-10-23(20(26)27)12-29-14-30-13-23;1-4-10(2)13(23)14(24)21-11(3)15(25)22-7-5-6-12(8-22)16(26)27-9-17(18,19)20;1-9-5-3-7-11(17(21)22)13(9)15(19)25-16(20)14-10(2)6-4-8-12(14)18(23)24/h11-16,18,24-26,29,32H,8-10,17,19-23H2,1-7H3,(H,44,48)(H,45,52);5-11,15H,12-14H2,1-4H3,(H,24,28)(H,26,27);10-13,23H,4-9H2,1-3H3,(H,21,24);3-8H,1-2H3/b16-15+;10-9+;;/t24-,25+,26-,29+,32-;15-;10-,11-,12+,13-;/m010./s1. The molecule has 0 aliphatic carbocycles. The molecule has 6 amide bonds. The number of hydrogen-bond donors (Lipinski definition) is 6. The summed E-state index contributed by atoms with van der Waals surface area (Å²) in [6, 6.07) is 24.1. The number of pyridine rings is 2. The Morgan fingerprint density at radius 2 is 0.921 bits per heavy atom. The summed E-state index contributed by atoms with van der Waals surface area (Å²) >= 11 is 33.8. The van der Waals surface area contributed by atoms with Gasteiger partial charge in [0.15, 0.2) is 6.10 Å². The number of carboxylic acids is 1. The lowest BCUT2D eigenvalue weighted by molar-refractivity contribution is -0.385. The number of amides is 6. The number of halogens is 6. The molecule has 38 nitrogen and oxygen atoms in total. The average Bonchev–Trinajstić information content (AvgIpc) is 0.808. The number of carbonyl (C=O) groups excluding carboxylic acids is 11. The zero-order chi connectivity index (χ0) is 104. The van der Waals surface area contributed by atoms with Crippen LogP contribution in [0.3, 0.4) is 0 Å². The number of nitrogens with one attached hydrogen (secondary N) is 4. The van der Waals surface area contributed by atoms with Crippen LogP contribution in [0.1, 0.15) is 202 Å². The Bertz CT molecular complexity index is 5420. The van der Waals surface area contributed by atoms with Gasteiger partial charge in [0.1, 0.15) is 78.1 Å². The zero-order valence-electron chi connectivity index (χ0n) is 80.5. The molecule has 2 aromatic heterocycles. The molecule has 6 N–H and O–H groups in total. The number of hydrogen-bond acceptors (Lipinski definition) is 29. The number of fused-ring (bicyclic) bond motifs is 2. The molecule has 4 aliphatic rings. The molecule has 0 spiro atoms. The van der Waals surface area contributed by atoms with Crippen molar-refractivity contribution in [3.8, 4) is 0 Å². The molecular weight excluding hydrogens is 1950 g/mol. The highest BCUT2D eigenvalue weighted by Gasteiger charge is 2.46. The topological polar surface area (TPSA) is 504 Å². The molecule has 10 atom stereocenters. The van der Waals surface area contributed by atoms with E-state index in [1.807, 2.05) is 88.4 Å². The number of nitro benzene ring substituents is 2. The highest BCUT2D eigenvalue weighted by atomic mass is 35.6. The normalized spacial score (nSPS) is 17.7. The third-order valence-electron chi connectivity index (χ3n) is 22.6. The molecule has 140 heavy (non-hydrogen) atoms. The van der Waals surface area contributed by atoms with Gasteiger partial charge < -0.3 is 88.6 Å². The van der Waals surface area contributed by atoms with Crippen molar-refractivity contribution in [2.75, 3.05) is 79.4 Å². The van der Waals surface area contributed by atoms with Crippen LogP contribution < -0.4 is 21.3 Å². The maximum absolute atomic E-state index is 14.1. The number of aliphatic hydroxyl groups is 1. The lowest BCUT2D eigenvalue weighted by atomic mass is 9.88. The maximum atomic E-state index is 14.1. The Hall–Kier alpha value is -11.0. The fourth-order valence-electron chi connectivity index (χ4n) is 14.5. The summed E-state index contributed by atoms with van der Waals surface area (Å²) in [6.45, 7) is 28.1. The molecule has 4 fully saturated rings. The van der Waals surface area contributed by atoms with Crippen molar-refractivity contribution in [3.63, 3.8) is 0 Å². The van der Waals surface area contributed by atoms with Crippen molar-refractivity contribution in [3.05, 3.63) is 174 Å². The van der Waals surface area contributed by atoms with Crippen LogP contribution >= 0.6 is 69.6 Å². The van der Waals surface area contributed by atoms with E-state index in [-0.39, 0.29) is 99.8 Å². The van der Waals surface area contributed by atoms with Gasteiger partial charge in [-0.2, -0.15) is 0 Å². The molecule has 6 aromatic rings. The molecule has 10 rings (SSSR count). The van der Waals surface area contributed by atoms with Crippen LogP contribution in [0.2, 0.25) is 0 Å². The number of aromatic nitrogens is 2. The average molecular weight is 2070 g/mol. The number of esters is 5. The number of aliphatic hydroxyl groups excluding tert-OH is 1. The van der Waals surface area contributed by atoms with Gasteiger partial charge in [0.2, 0.25) is 25.3 Å². The first-order valence-corrected chi connectivity index (χ1v) is 47.3. The van der Waals surface area contributed by atoms with Crippen LogP contribution in [0.4, 0.5) is 21.0 Å². The minimum absolute atomic E-state index is 0.0159. The second kappa shape index (κ2) is 52.1. The number of piperidine rings is 2.